The highest BCUT2D eigenvalue weighted by Gasteiger charge is 2.64. The molecule has 43 heteroatoms. The summed E-state index contributed by atoms with van der Waals surface area (Å²) in [6.45, 7) is 7.99. The number of aliphatic hydroxyl groups is 3. The average Bonchev–Trinajstić information content (AvgIpc) is 1.59. The van der Waals surface area contributed by atoms with E-state index in [1.165, 1.54) is 0 Å². The Bertz CT molecular complexity index is 4260. The van der Waals surface area contributed by atoms with Gasteiger partial charge in [0.05, 0.1) is 12.7 Å². The number of aromatic amines is 3. The molecule has 514 valence electrons. The van der Waals surface area contributed by atoms with Crippen molar-refractivity contribution in [1.82, 2.24) is 43.6 Å². The zero-order valence-corrected chi connectivity index (χ0v) is 52.5. The van der Waals surface area contributed by atoms with Gasteiger partial charge in [0.2, 0.25) is 23.4 Å². The van der Waals surface area contributed by atoms with Crippen molar-refractivity contribution in [2.24, 2.45) is 5.92 Å². The highest BCUT2D eigenvalue weighted by atomic mass is 32.1. The quantitative estimate of drug-likeness (QED) is 0.0317. The lowest BCUT2D eigenvalue weighted by atomic mass is 9.92. The van der Waals surface area contributed by atoms with Gasteiger partial charge in [0.15, 0.2) is 53.8 Å². The number of nitrogens with two attached hydrogens (primary N) is 3. The van der Waals surface area contributed by atoms with Crippen molar-refractivity contribution < 1.29 is 106 Å². The summed E-state index contributed by atoms with van der Waals surface area (Å²) in [5.74, 6) is -7.66. The number of nitrogens with zero attached hydrogens (tertiary/aromatic N) is 6. The van der Waals surface area contributed by atoms with Crippen molar-refractivity contribution in [1.29, 1.82) is 0 Å². The highest BCUT2D eigenvalue weighted by Crippen LogP contribution is 2.44. The Balaban J connectivity index is 0.000000227. The fourth-order valence-electron chi connectivity index (χ4n) is 9.98. The van der Waals surface area contributed by atoms with Crippen molar-refractivity contribution in [2.45, 2.75) is 149 Å². The lowest BCUT2D eigenvalue weighted by molar-refractivity contribution is -0.200. The van der Waals surface area contributed by atoms with Crippen LogP contribution in [0.3, 0.4) is 0 Å². The number of nitrogen functional groups attached to an aromatic ring is 3. The molecule has 94 heavy (non-hydrogen) atoms. The molecule has 0 radical (unpaired) electrons. The maximum atomic E-state index is 12.9. The Labute approximate surface area is 536 Å². The Morgan fingerprint density at radius 2 is 1.00 bits per heavy atom. The molecule has 3 fully saturated rings. The van der Waals surface area contributed by atoms with Crippen molar-refractivity contribution in [3.05, 3.63) is 60.1 Å². The van der Waals surface area contributed by atoms with Crippen LogP contribution < -0.4 is 48.5 Å². The zero-order chi connectivity index (χ0) is 69.0. The van der Waals surface area contributed by atoms with Gasteiger partial charge in [-0.3, -0.25) is 95.8 Å². The first-order valence-electron chi connectivity index (χ1n) is 27.0. The first kappa shape index (κ1) is 73.7. The molecule has 3 aliphatic heterocycles. The lowest BCUT2D eigenvalue weighted by Gasteiger charge is -2.36. The van der Waals surface area contributed by atoms with Gasteiger partial charge in [-0.05, 0) is 0 Å². The van der Waals surface area contributed by atoms with E-state index in [1.807, 2.05) is 0 Å². The molecule has 9 rings (SSSR count). The number of fused-ring (bicyclic) bond motifs is 3. The van der Waals surface area contributed by atoms with Gasteiger partial charge in [-0.1, -0.05) is 48.4 Å². The molecule has 3 aliphatic rings. The van der Waals surface area contributed by atoms with Crippen molar-refractivity contribution in [3.8, 4) is 0 Å². The molecule has 12 N–H and O–H groups in total. The molecule has 0 aromatic carbocycles. The molecule has 0 saturated carbocycles. The number of carbonyl (C=O) groups excluding carboxylic acids is 8. The SMILES string of the molecule is C.CC(=O)OCC(OC(C)=O)[C@H]1O[C@@H](n2c(=O)sc3c(=O)[nH]c(N)nc32)[C@H](OC(C)=O)[C@H]1OC(C)=O.CC(=O)OC[C@H]1O[C@@H](n2c(=O)sc3c(=O)[nH]c(N)nc32)[C@H](OC(C)=O)[C@@]1(COC(C)=O)OC(C)=O.C[C@@H]1[C@@H](O)[C@@H](C(O)CO)O[C@H]1n1c(=O)sc2c(=O)[nH]c(N)nc21. The van der Waals surface area contributed by atoms with Gasteiger partial charge >= 0.3 is 62.4 Å². The van der Waals surface area contributed by atoms with E-state index in [4.69, 9.17) is 74.4 Å². The Morgan fingerprint density at radius 3 is 1.41 bits per heavy atom. The number of hydrogen-bond donors (Lipinski definition) is 9. The third kappa shape index (κ3) is 16.0. The van der Waals surface area contributed by atoms with Crippen molar-refractivity contribution in [3.63, 3.8) is 0 Å². The van der Waals surface area contributed by atoms with Crippen molar-refractivity contribution in [2.75, 3.05) is 43.6 Å². The smallest absolute Gasteiger partial charge is 0.311 e. The fourth-order valence-corrected chi connectivity index (χ4v) is 12.5. The van der Waals surface area contributed by atoms with E-state index in [9.17, 15) is 77.3 Å². The highest BCUT2D eigenvalue weighted by molar-refractivity contribution is 7.17. The molecular formula is C51H64N12O28S3. The van der Waals surface area contributed by atoms with Gasteiger partial charge < -0.3 is 84.6 Å². The summed E-state index contributed by atoms with van der Waals surface area (Å²) in [6, 6.07) is 0. The van der Waals surface area contributed by atoms with Gasteiger partial charge in [-0.15, -0.1) is 0 Å². The van der Waals surface area contributed by atoms with Crippen LogP contribution in [-0.4, -0.2) is 194 Å². The van der Waals surface area contributed by atoms with Gasteiger partial charge in [-0.25, -0.2) is 0 Å². The first-order chi connectivity index (χ1) is 43.6. The van der Waals surface area contributed by atoms with Gasteiger partial charge in [0.1, 0.15) is 64.6 Å². The second-order valence-corrected chi connectivity index (χ2v) is 23.3. The van der Waals surface area contributed by atoms with E-state index >= 15 is 0 Å². The summed E-state index contributed by atoms with van der Waals surface area (Å²) in [5.41, 5.74) is 12.5. The number of nitrogens with one attached hydrogen (secondary N) is 3. The molecule has 40 nitrogen and oxygen atoms in total. The molecule has 9 heterocycles. The number of aromatic nitrogens is 9. The second kappa shape index (κ2) is 30.1. The molecule has 6 aromatic heterocycles. The van der Waals surface area contributed by atoms with E-state index in [2.05, 4.69) is 29.9 Å². The fraction of sp³-hybridized carbons (Fsp3) is 0.549. The van der Waals surface area contributed by atoms with Gasteiger partial charge in [0, 0.05) is 61.3 Å². The van der Waals surface area contributed by atoms with Crippen LogP contribution in [0.15, 0.2) is 28.8 Å². The first-order valence-corrected chi connectivity index (χ1v) is 29.5. The monoisotopic (exact) mass is 1390 g/mol. The minimum Gasteiger partial charge on any atom is -0.463 e. The molecule has 0 aliphatic carbocycles. The van der Waals surface area contributed by atoms with E-state index in [0.29, 0.717) is 34.0 Å². The summed E-state index contributed by atoms with van der Waals surface area (Å²) in [5, 5.41) is 28.9. The van der Waals surface area contributed by atoms with Crippen LogP contribution in [0.1, 0.15) is 88.4 Å². The van der Waals surface area contributed by atoms with Crippen LogP contribution in [0.25, 0.3) is 31.0 Å². The third-order valence-electron chi connectivity index (χ3n) is 13.5. The zero-order valence-electron chi connectivity index (χ0n) is 50.0. The average molecular weight is 1390 g/mol. The Morgan fingerprint density at radius 1 is 0.574 bits per heavy atom. The largest absolute Gasteiger partial charge is 0.463 e. The summed E-state index contributed by atoms with van der Waals surface area (Å²) >= 11 is 1.75. The van der Waals surface area contributed by atoms with Gasteiger partial charge in [-0.2, -0.15) is 15.0 Å². The summed E-state index contributed by atoms with van der Waals surface area (Å²) in [4.78, 5) is 186. The summed E-state index contributed by atoms with van der Waals surface area (Å²) in [7, 11) is 0. The molecule has 3 saturated heterocycles. The van der Waals surface area contributed by atoms with Crippen molar-refractivity contribution >= 4 is 131 Å². The molecule has 14 atom stereocenters. The van der Waals surface area contributed by atoms with Gasteiger partial charge in [0.25, 0.3) is 16.7 Å². The second-order valence-electron chi connectivity index (χ2n) is 20.4. The number of rotatable bonds is 17. The van der Waals surface area contributed by atoms with Crippen LogP contribution in [0.4, 0.5) is 17.8 Å². The lowest BCUT2D eigenvalue weighted by Crippen LogP contribution is -2.57. The number of thiazole rings is 3. The Kier molecular flexibility index (Phi) is 23.6. The molecule has 2 unspecified atom stereocenters. The molecule has 0 spiro atoms. The van der Waals surface area contributed by atoms with Crippen LogP contribution in [0.2, 0.25) is 0 Å². The van der Waals surface area contributed by atoms with Crippen LogP contribution in [0.5, 0.6) is 0 Å². The number of ether oxygens (including phenoxy) is 11. The Hall–Kier alpha value is -9.37. The number of hydrogen-bond acceptors (Lipinski definition) is 37. The van der Waals surface area contributed by atoms with E-state index in [-0.39, 0.29) is 56.3 Å². The third-order valence-corrected chi connectivity index (χ3v) is 16.4. The van der Waals surface area contributed by atoms with Crippen LogP contribution >= 0.6 is 34.0 Å². The summed E-state index contributed by atoms with van der Waals surface area (Å²) in [6.07, 6.45) is -16.0. The standard InChI is InChI=1S/2C19H22N4O11S.C12H16N4O6S.CH4/c1-7(24)30-5-11-19(34-10(4)27,6-31-8(2)25)13(32-9(3)26)16(33-11)23-14-12(35-18(23)29)15(28)22-17(20)21-14;1-6(24)30-5-10(31-7(2)25)11-12(32-8(3)26)13(33-9(4)27)17(34-11)23-15-14(35-19(23)29)16(28)22-18(20)21-15;1-3-5(19)6(4(18)2-17)22-10(3)16-8-7(23-12(16)21)9(20)15-11(13)14-8;/h11,13,16H,5-6H2,1-4H3,(H3,20,21,22,28);10-13,17H,5H2,1-4H3,(H3,20,21,22,28);3-6,10,17-19H,2H2,1H3,(H3,13,14,15,20);1H4/t11-,13+,16-,19+;10?,11-,12+,13-,17-;3-,4?,5-,6-,10-;/m111./s1. The number of esters is 8. The van der Waals surface area contributed by atoms with E-state index < -0.39 is 191 Å². The van der Waals surface area contributed by atoms with Crippen LogP contribution in [-0.2, 0) is 90.5 Å². The summed E-state index contributed by atoms with van der Waals surface area (Å²) < 4.78 is 62.3. The maximum absolute atomic E-state index is 12.9. The predicted octanol–water partition coefficient (Wildman–Crippen LogP) is -3.42. The topological polar surface area (TPSA) is 580 Å². The number of aliphatic hydroxyl groups excluding tert-OH is 3. The van der Waals surface area contributed by atoms with E-state index in [0.717, 1.165) is 69.1 Å². The minimum absolute atomic E-state index is 0. The number of anilines is 3. The normalized spacial score (nSPS) is 24.3. The minimum atomic E-state index is -2.05. The molecule has 0 amide bonds. The predicted molar refractivity (Wildman–Crippen MR) is 320 cm³/mol. The van der Waals surface area contributed by atoms with Crippen LogP contribution in [0, 0.1) is 5.92 Å². The van der Waals surface area contributed by atoms with E-state index in [1.54, 1.807) is 6.92 Å². The number of H-pyrrole nitrogens is 3. The molecule has 6 aromatic rings. The molecule has 0 bridgehead atoms. The molecular weight excluding hydrogens is 1320 g/mol. The number of carbonyl (C=O) groups is 8. The maximum Gasteiger partial charge on any atom is 0.311 e.